The first-order valence-corrected chi connectivity index (χ1v) is 6.68. The Morgan fingerprint density at radius 2 is 2.33 bits per heavy atom. The Balaban J connectivity index is 0.00000220. The number of halogens is 2. The molecule has 0 saturated carbocycles. The molecule has 0 bridgehead atoms. The van der Waals surface area contributed by atoms with Crippen molar-refractivity contribution in [1.82, 2.24) is 10.6 Å². The second-order valence-electron chi connectivity index (χ2n) is 4.89. The van der Waals surface area contributed by atoms with Gasteiger partial charge in [-0.3, -0.25) is 4.79 Å². The van der Waals surface area contributed by atoms with Gasteiger partial charge in [0.1, 0.15) is 11.4 Å². The third-order valence-electron chi connectivity index (χ3n) is 3.39. The Hall–Kier alpha value is -1.37. The van der Waals surface area contributed by atoms with Crippen molar-refractivity contribution in [1.29, 1.82) is 0 Å². The fourth-order valence-corrected chi connectivity index (χ4v) is 2.33. The van der Waals surface area contributed by atoms with Crippen LogP contribution in [0.2, 0.25) is 0 Å². The summed E-state index contributed by atoms with van der Waals surface area (Å²) in [5, 5.41) is 9.18. The number of anilines is 1. The molecule has 1 aliphatic heterocycles. The van der Waals surface area contributed by atoms with Crippen molar-refractivity contribution in [2.75, 3.05) is 38.7 Å². The Morgan fingerprint density at radius 1 is 1.52 bits per heavy atom. The second-order valence-corrected chi connectivity index (χ2v) is 4.89. The fourth-order valence-electron chi connectivity index (χ4n) is 2.33. The standard InChI is InChI=1S/C14H20FN3O2.ClH/c1-20-8-7-17-13(19)14(5-6-16-10-14)18-12-4-2-3-11(15)9-12;/h2-4,9,16,18H,5-8,10H2,1H3,(H,17,19);1H. The third kappa shape index (κ3) is 4.56. The van der Waals surface area contributed by atoms with Gasteiger partial charge in [-0.1, -0.05) is 6.07 Å². The highest BCUT2D eigenvalue weighted by Crippen LogP contribution is 2.22. The first kappa shape index (κ1) is 17.7. The van der Waals surface area contributed by atoms with Crippen LogP contribution in [0.25, 0.3) is 0 Å². The molecule has 1 aromatic rings. The van der Waals surface area contributed by atoms with E-state index in [1.807, 2.05) is 0 Å². The Bertz CT molecular complexity index is 467. The van der Waals surface area contributed by atoms with E-state index in [4.69, 9.17) is 4.74 Å². The van der Waals surface area contributed by atoms with Crippen molar-refractivity contribution < 1.29 is 13.9 Å². The molecular formula is C14H21ClFN3O2. The molecule has 3 N–H and O–H groups in total. The van der Waals surface area contributed by atoms with Crippen molar-refractivity contribution in [2.45, 2.75) is 12.0 Å². The summed E-state index contributed by atoms with van der Waals surface area (Å²) in [5.41, 5.74) is -0.128. The normalized spacial score (nSPS) is 20.7. The summed E-state index contributed by atoms with van der Waals surface area (Å²) >= 11 is 0. The average Bonchev–Trinajstić information content (AvgIpc) is 2.89. The molecule has 0 aromatic heterocycles. The molecule has 0 aliphatic carbocycles. The number of hydrogen-bond donors (Lipinski definition) is 3. The molecule has 5 nitrogen and oxygen atoms in total. The number of amides is 1. The lowest BCUT2D eigenvalue weighted by Gasteiger charge is -2.29. The van der Waals surface area contributed by atoms with Crippen LogP contribution >= 0.6 is 12.4 Å². The van der Waals surface area contributed by atoms with Crippen LogP contribution in [0, 0.1) is 5.82 Å². The predicted molar refractivity (Wildman–Crippen MR) is 82.4 cm³/mol. The van der Waals surface area contributed by atoms with Crippen molar-refractivity contribution >= 4 is 24.0 Å². The molecule has 1 unspecified atom stereocenters. The van der Waals surface area contributed by atoms with E-state index >= 15 is 0 Å². The molecule has 1 heterocycles. The van der Waals surface area contributed by atoms with E-state index in [-0.39, 0.29) is 24.1 Å². The Kier molecular flexibility index (Phi) is 6.87. The molecule has 0 radical (unpaired) electrons. The van der Waals surface area contributed by atoms with Crippen molar-refractivity contribution in [3.8, 4) is 0 Å². The second kappa shape index (κ2) is 8.17. The van der Waals surface area contributed by atoms with Gasteiger partial charge in [0.15, 0.2) is 0 Å². The molecule has 0 spiro atoms. The fraction of sp³-hybridized carbons (Fsp3) is 0.500. The van der Waals surface area contributed by atoms with Crippen molar-refractivity contribution in [2.24, 2.45) is 0 Å². The minimum atomic E-state index is -0.735. The molecular weight excluding hydrogens is 297 g/mol. The molecule has 1 saturated heterocycles. The SMILES string of the molecule is COCCNC(=O)C1(Nc2cccc(F)c2)CCNC1.Cl. The van der Waals surface area contributed by atoms with Crippen LogP contribution in [0.4, 0.5) is 10.1 Å². The van der Waals surface area contributed by atoms with Crippen LogP contribution in [0.5, 0.6) is 0 Å². The molecule has 2 rings (SSSR count). The van der Waals surface area contributed by atoms with Crippen LogP contribution in [0.3, 0.4) is 0 Å². The monoisotopic (exact) mass is 317 g/mol. The number of hydrogen-bond acceptors (Lipinski definition) is 4. The van der Waals surface area contributed by atoms with Gasteiger partial charge in [0.25, 0.3) is 0 Å². The molecule has 118 valence electrons. The van der Waals surface area contributed by atoms with E-state index in [2.05, 4.69) is 16.0 Å². The lowest BCUT2D eigenvalue weighted by molar-refractivity contribution is -0.125. The van der Waals surface area contributed by atoms with E-state index in [0.717, 1.165) is 6.54 Å². The van der Waals surface area contributed by atoms with Gasteiger partial charge in [-0.15, -0.1) is 12.4 Å². The number of rotatable bonds is 6. The molecule has 1 amide bonds. The van der Waals surface area contributed by atoms with Gasteiger partial charge in [-0.05, 0) is 31.2 Å². The van der Waals surface area contributed by atoms with Gasteiger partial charge >= 0.3 is 0 Å². The van der Waals surface area contributed by atoms with Gasteiger partial charge in [0.2, 0.25) is 5.91 Å². The van der Waals surface area contributed by atoms with Gasteiger partial charge < -0.3 is 20.7 Å². The summed E-state index contributed by atoms with van der Waals surface area (Å²) < 4.78 is 18.2. The summed E-state index contributed by atoms with van der Waals surface area (Å²) in [4.78, 5) is 12.4. The number of methoxy groups -OCH3 is 1. The number of benzene rings is 1. The topological polar surface area (TPSA) is 62.4 Å². The average molecular weight is 318 g/mol. The number of nitrogens with one attached hydrogen (secondary N) is 3. The first-order chi connectivity index (χ1) is 9.66. The maximum Gasteiger partial charge on any atom is 0.247 e. The Labute approximate surface area is 130 Å². The van der Waals surface area contributed by atoms with Crippen LogP contribution in [0.15, 0.2) is 24.3 Å². The molecule has 1 fully saturated rings. The highest BCUT2D eigenvalue weighted by Gasteiger charge is 2.41. The summed E-state index contributed by atoms with van der Waals surface area (Å²) in [6.45, 7) is 2.19. The van der Waals surface area contributed by atoms with Crippen LogP contribution in [-0.2, 0) is 9.53 Å². The maximum atomic E-state index is 13.2. The summed E-state index contributed by atoms with van der Waals surface area (Å²) in [6.07, 6.45) is 0.655. The quantitative estimate of drug-likeness (QED) is 0.689. The lowest BCUT2D eigenvalue weighted by atomic mass is 9.96. The number of carbonyl (C=O) groups excluding carboxylic acids is 1. The van der Waals surface area contributed by atoms with Gasteiger partial charge in [0, 0.05) is 25.9 Å². The molecule has 7 heteroatoms. The largest absolute Gasteiger partial charge is 0.383 e. The molecule has 1 aliphatic rings. The lowest BCUT2D eigenvalue weighted by Crippen LogP contribution is -2.54. The highest BCUT2D eigenvalue weighted by molar-refractivity contribution is 5.90. The summed E-state index contributed by atoms with van der Waals surface area (Å²) in [5.74, 6) is -0.417. The molecule has 1 aromatic carbocycles. The van der Waals surface area contributed by atoms with Gasteiger partial charge in [-0.2, -0.15) is 0 Å². The van der Waals surface area contributed by atoms with Crippen LogP contribution in [-0.4, -0.2) is 44.8 Å². The van der Waals surface area contributed by atoms with E-state index in [1.54, 1.807) is 19.2 Å². The van der Waals surface area contributed by atoms with Gasteiger partial charge in [-0.25, -0.2) is 4.39 Å². The molecule has 21 heavy (non-hydrogen) atoms. The van der Waals surface area contributed by atoms with Crippen LogP contribution in [0.1, 0.15) is 6.42 Å². The minimum absolute atomic E-state index is 0. The minimum Gasteiger partial charge on any atom is -0.383 e. The molecule has 1 atom stereocenters. The zero-order valence-corrected chi connectivity index (χ0v) is 12.8. The zero-order chi connectivity index (χ0) is 14.4. The third-order valence-corrected chi connectivity index (χ3v) is 3.39. The summed E-state index contributed by atoms with van der Waals surface area (Å²) in [6, 6.07) is 6.15. The van der Waals surface area contributed by atoms with Crippen molar-refractivity contribution in [3.05, 3.63) is 30.1 Å². The first-order valence-electron chi connectivity index (χ1n) is 6.68. The van der Waals surface area contributed by atoms with E-state index in [0.29, 0.717) is 31.8 Å². The summed E-state index contributed by atoms with van der Waals surface area (Å²) in [7, 11) is 1.59. The van der Waals surface area contributed by atoms with Crippen LogP contribution < -0.4 is 16.0 Å². The Morgan fingerprint density at radius 3 is 2.95 bits per heavy atom. The highest BCUT2D eigenvalue weighted by atomic mass is 35.5. The van der Waals surface area contributed by atoms with Gasteiger partial charge in [0.05, 0.1) is 6.61 Å². The number of ether oxygens (including phenoxy) is 1. The predicted octanol–water partition coefficient (Wildman–Crippen LogP) is 1.15. The number of carbonyl (C=O) groups is 1. The van der Waals surface area contributed by atoms with E-state index in [9.17, 15) is 9.18 Å². The van der Waals surface area contributed by atoms with E-state index < -0.39 is 5.54 Å². The van der Waals surface area contributed by atoms with E-state index in [1.165, 1.54) is 12.1 Å². The smallest absolute Gasteiger partial charge is 0.247 e. The maximum absolute atomic E-state index is 13.2. The zero-order valence-electron chi connectivity index (χ0n) is 11.9. The van der Waals surface area contributed by atoms with Crippen molar-refractivity contribution in [3.63, 3.8) is 0 Å².